The van der Waals surface area contributed by atoms with Crippen LogP contribution in [0.3, 0.4) is 0 Å². The molecule has 0 unspecified atom stereocenters. The predicted molar refractivity (Wildman–Crippen MR) is 151 cm³/mol. The molecule has 1 saturated heterocycles. The lowest BCUT2D eigenvalue weighted by Crippen LogP contribution is -2.47. The van der Waals surface area contributed by atoms with E-state index in [1.807, 2.05) is 31.2 Å². The van der Waals surface area contributed by atoms with Crippen LogP contribution in [0.4, 0.5) is 14.5 Å². The number of anilines is 1. The summed E-state index contributed by atoms with van der Waals surface area (Å²) < 4.78 is 35.0. The molecular weight excluding hydrogens is 603 g/mol. The third-order valence-electron chi connectivity index (χ3n) is 6.58. The Morgan fingerprint density at radius 3 is 2.55 bits per heavy atom. The van der Waals surface area contributed by atoms with Crippen molar-refractivity contribution < 1.29 is 23.1 Å². The molecule has 1 aliphatic heterocycles. The molecule has 38 heavy (non-hydrogen) atoms. The number of carbonyl (C=O) groups is 2. The summed E-state index contributed by atoms with van der Waals surface area (Å²) in [6.45, 7) is 2.89. The van der Waals surface area contributed by atoms with Crippen LogP contribution in [0.15, 0.2) is 60.7 Å². The number of nitrogens with zero attached hydrogens (tertiary/aromatic N) is 1. The summed E-state index contributed by atoms with van der Waals surface area (Å²) in [5, 5.41) is 3.10. The number of nitrogens with two attached hydrogens (primary N) is 1. The molecule has 4 rings (SSSR count). The van der Waals surface area contributed by atoms with Gasteiger partial charge in [0.05, 0.1) is 5.69 Å². The molecule has 1 amide bonds. The molecule has 200 valence electrons. The minimum absolute atomic E-state index is 0.0324. The molecule has 0 bridgehead atoms. The molecule has 0 spiro atoms. The number of esters is 1. The Morgan fingerprint density at radius 2 is 1.89 bits per heavy atom. The van der Waals surface area contributed by atoms with Crippen LogP contribution in [-0.4, -0.2) is 25.2 Å². The molecular formula is C29H30F2IN3O3. The van der Waals surface area contributed by atoms with Crippen LogP contribution in [0.5, 0.6) is 0 Å². The van der Waals surface area contributed by atoms with Gasteiger partial charge in [-0.25, -0.2) is 13.6 Å². The molecule has 0 aromatic heterocycles. The average molecular weight is 633 g/mol. The number of hydrogen-bond acceptors (Lipinski definition) is 5. The van der Waals surface area contributed by atoms with Crippen LogP contribution in [0.25, 0.3) is 11.1 Å². The van der Waals surface area contributed by atoms with E-state index in [4.69, 9.17) is 10.5 Å². The molecule has 1 fully saturated rings. The average Bonchev–Trinajstić information content (AvgIpc) is 3.31. The highest BCUT2D eigenvalue weighted by Crippen LogP contribution is 2.38. The van der Waals surface area contributed by atoms with E-state index in [2.05, 4.69) is 27.9 Å². The molecule has 3 aromatic rings. The van der Waals surface area contributed by atoms with E-state index < -0.39 is 23.1 Å². The quantitative estimate of drug-likeness (QED) is 0.131. The Kier molecular flexibility index (Phi) is 9.11. The van der Waals surface area contributed by atoms with Crippen molar-refractivity contribution in [2.24, 2.45) is 5.73 Å². The SMILES string of the molecule is CCC[C@@](N)(C(=O)OCNCc1cccc(I)c1)c1ccc(N2CCCC2=O)c(-c2cc(F)cc(F)c2)c1. The number of carbonyl (C=O) groups excluding carboxylic acids is 2. The molecule has 3 aromatic carbocycles. The summed E-state index contributed by atoms with van der Waals surface area (Å²) in [4.78, 5) is 27.4. The fourth-order valence-corrected chi connectivity index (χ4v) is 5.35. The fourth-order valence-electron chi connectivity index (χ4n) is 4.74. The van der Waals surface area contributed by atoms with Crippen LogP contribution in [0.2, 0.25) is 0 Å². The summed E-state index contributed by atoms with van der Waals surface area (Å²) >= 11 is 2.24. The van der Waals surface area contributed by atoms with Crippen LogP contribution in [0.1, 0.15) is 43.7 Å². The van der Waals surface area contributed by atoms with Gasteiger partial charge in [0.1, 0.15) is 23.9 Å². The highest BCUT2D eigenvalue weighted by atomic mass is 127. The highest BCUT2D eigenvalue weighted by Gasteiger charge is 2.38. The molecule has 1 atom stereocenters. The number of halogens is 3. The Labute approximate surface area is 234 Å². The first-order chi connectivity index (χ1) is 18.2. The van der Waals surface area contributed by atoms with Gasteiger partial charge in [-0.05, 0) is 88.5 Å². The van der Waals surface area contributed by atoms with Gasteiger partial charge in [0.2, 0.25) is 5.91 Å². The maximum absolute atomic E-state index is 14.2. The van der Waals surface area contributed by atoms with Crippen LogP contribution < -0.4 is 16.0 Å². The van der Waals surface area contributed by atoms with E-state index in [1.54, 1.807) is 23.1 Å². The van der Waals surface area contributed by atoms with Crippen LogP contribution >= 0.6 is 22.6 Å². The van der Waals surface area contributed by atoms with Crippen molar-refractivity contribution in [2.45, 2.75) is 44.7 Å². The van der Waals surface area contributed by atoms with Gasteiger partial charge >= 0.3 is 5.97 Å². The van der Waals surface area contributed by atoms with Crippen LogP contribution in [-0.2, 0) is 26.4 Å². The molecule has 1 aliphatic rings. The fraction of sp³-hybridized carbons (Fsp3) is 0.310. The van der Waals surface area contributed by atoms with Gasteiger partial charge < -0.3 is 15.4 Å². The Bertz CT molecular complexity index is 1320. The minimum atomic E-state index is -1.49. The predicted octanol–water partition coefficient (Wildman–Crippen LogP) is 5.61. The number of nitrogens with one attached hydrogen (secondary N) is 1. The van der Waals surface area contributed by atoms with Crippen molar-refractivity contribution in [3.05, 3.63) is 87.0 Å². The summed E-state index contributed by atoms with van der Waals surface area (Å²) in [5.74, 6) is -2.16. The topological polar surface area (TPSA) is 84.7 Å². The zero-order valence-corrected chi connectivity index (χ0v) is 23.3. The van der Waals surface area contributed by atoms with E-state index in [0.717, 1.165) is 15.2 Å². The van der Waals surface area contributed by atoms with Gasteiger partial charge in [-0.1, -0.05) is 31.5 Å². The first kappa shape index (κ1) is 28.1. The van der Waals surface area contributed by atoms with Crippen molar-refractivity contribution in [3.8, 4) is 11.1 Å². The Balaban J connectivity index is 1.62. The second-order valence-corrected chi connectivity index (χ2v) is 10.6. The molecule has 0 saturated carbocycles. The lowest BCUT2D eigenvalue weighted by molar-refractivity contribution is -0.151. The first-order valence-corrected chi connectivity index (χ1v) is 13.6. The van der Waals surface area contributed by atoms with E-state index >= 15 is 0 Å². The smallest absolute Gasteiger partial charge is 0.332 e. The normalized spacial score (nSPS) is 15.0. The van der Waals surface area contributed by atoms with Gasteiger partial charge in [-0.3, -0.25) is 10.1 Å². The zero-order chi connectivity index (χ0) is 27.3. The molecule has 0 aliphatic carbocycles. The Morgan fingerprint density at radius 1 is 1.13 bits per heavy atom. The van der Waals surface area contributed by atoms with Gasteiger partial charge in [0.25, 0.3) is 0 Å². The summed E-state index contributed by atoms with van der Waals surface area (Å²) in [5.41, 5.74) is 7.89. The van der Waals surface area contributed by atoms with Gasteiger partial charge in [-0.2, -0.15) is 0 Å². The second kappa shape index (κ2) is 12.3. The van der Waals surface area contributed by atoms with E-state index in [0.29, 0.717) is 55.6 Å². The lowest BCUT2D eigenvalue weighted by atomic mass is 9.84. The van der Waals surface area contributed by atoms with Crippen molar-refractivity contribution in [2.75, 3.05) is 18.2 Å². The summed E-state index contributed by atoms with van der Waals surface area (Å²) in [7, 11) is 0. The standard InChI is InChI=1S/C29H30F2IN3O3/c1-2-10-29(33,28(37)38-18-34-17-19-5-3-6-24(32)12-19)21-8-9-26(35-11-4-7-27(35)36)25(15-21)20-13-22(30)16-23(31)14-20/h3,5-6,8-9,12-16,34H,2,4,7,10-11,17-18,33H2,1H3/t29-/m0/s1. The summed E-state index contributed by atoms with van der Waals surface area (Å²) in [6, 6.07) is 16.2. The molecule has 3 N–H and O–H groups in total. The zero-order valence-electron chi connectivity index (χ0n) is 21.1. The monoisotopic (exact) mass is 633 g/mol. The minimum Gasteiger partial charge on any atom is -0.448 e. The number of amides is 1. The lowest BCUT2D eigenvalue weighted by Gasteiger charge is -2.29. The van der Waals surface area contributed by atoms with Gasteiger partial charge in [0, 0.05) is 34.7 Å². The van der Waals surface area contributed by atoms with Crippen molar-refractivity contribution in [3.63, 3.8) is 0 Å². The molecule has 0 radical (unpaired) electrons. The maximum Gasteiger partial charge on any atom is 0.332 e. The van der Waals surface area contributed by atoms with Crippen molar-refractivity contribution in [1.29, 1.82) is 0 Å². The van der Waals surface area contributed by atoms with E-state index in [9.17, 15) is 18.4 Å². The number of benzene rings is 3. The molecule has 9 heteroatoms. The van der Waals surface area contributed by atoms with E-state index in [-0.39, 0.29) is 18.2 Å². The van der Waals surface area contributed by atoms with Crippen molar-refractivity contribution in [1.82, 2.24) is 5.32 Å². The highest BCUT2D eigenvalue weighted by molar-refractivity contribution is 14.1. The number of rotatable bonds is 10. The largest absolute Gasteiger partial charge is 0.448 e. The van der Waals surface area contributed by atoms with E-state index in [1.165, 1.54) is 12.1 Å². The van der Waals surface area contributed by atoms with Gasteiger partial charge in [0.15, 0.2) is 0 Å². The number of ether oxygens (including phenoxy) is 1. The van der Waals surface area contributed by atoms with Crippen molar-refractivity contribution >= 4 is 40.2 Å². The first-order valence-electron chi connectivity index (χ1n) is 12.5. The number of hydrogen-bond donors (Lipinski definition) is 2. The second-order valence-electron chi connectivity index (χ2n) is 9.39. The maximum atomic E-state index is 14.2. The third kappa shape index (κ3) is 6.39. The third-order valence-corrected chi connectivity index (χ3v) is 7.25. The molecule has 1 heterocycles. The van der Waals surface area contributed by atoms with Gasteiger partial charge in [-0.15, -0.1) is 0 Å². The summed E-state index contributed by atoms with van der Waals surface area (Å²) in [6.07, 6.45) is 1.98. The van der Waals surface area contributed by atoms with Crippen LogP contribution in [0, 0.1) is 15.2 Å². The molecule has 6 nitrogen and oxygen atoms in total. The Hall–Kier alpha value is -2.89.